The molecule has 12 heterocycles. The highest BCUT2D eigenvalue weighted by Crippen LogP contribution is 2.46. The molecule has 3 unspecified atom stereocenters. The van der Waals surface area contributed by atoms with E-state index in [0.29, 0.717) is 111 Å². The van der Waals surface area contributed by atoms with Crippen molar-refractivity contribution in [2.45, 2.75) is 217 Å². The van der Waals surface area contributed by atoms with Gasteiger partial charge in [-0.05, 0) is 291 Å². The Kier molecular flexibility index (Phi) is 35.4. The van der Waals surface area contributed by atoms with Gasteiger partial charge in [0, 0.05) is 149 Å². The van der Waals surface area contributed by atoms with Crippen molar-refractivity contribution in [1.29, 1.82) is 0 Å². The monoisotopic (exact) mass is 2130 g/mol. The Labute approximate surface area is 872 Å². The molecule has 8 atom stereocenters. The van der Waals surface area contributed by atoms with E-state index in [0.717, 1.165) is 96.6 Å². The molecule has 3 aromatic carbocycles. The Morgan fingerprint density at radius 1 is 0.490 bits per heavy atom. The molecule has 1 saturated carbocycles. The van der Waals surface area contributed by atoms with Crippen LogP contribution in [0.1, 0.15) is 214 Å². The number of hydrogen-bond acceptors (Lipinski definition) is 29. The third-order valence-electron chi connectivity index (χ3n) is 27.4. The van der Waals surface area contributed by atoms with E-state index in [-0.39, 0.29) is 120 Å². The van der Waals surface area contributed by atoms with Crippen molar-refractivity contribution in [2.75, 3.05) is 123 Å². The van der Waals surface area contributed by atoms with E-state index < -0.39 is 91.8 Å². The minimum atomic E-state index is -4.44. The van der Waals surface area contributed by atoms with Gasteiger partial charge in [0.2, 0.25) is 0 Å². The molecule has 4 amide bonds. The number of aryl methyl sites for hydroxylation is 1. The molecule has 7 N–H and O–H groups in total. The summed E-state index contributed by atoms with van der Waals surface area (Å²) in [5.74, 6) is -0.156. The van der Waals surface area contributed by atoms with Gasteiger partial charge in [0.1, 0.15) is 63.0 Å². The summed E-state index contributed by atoms with van der Waals surface area (Å²) >= 11 is 0. The molecule has 0 radical (unpaired) electrons. The van der Waals surface area contributed by atoms with Gasteiger partial charge in [-0.1, -0.05) is 52.3 Å². The molecule has 16 rings (SSSR count). The zero-order valence-electron chi connectivity index (χ0n) is 88.1. The molecule has 42 heteroatoms. The highest BCUT2D eigenvalue weighted by molar-refractivity contribution is 7.90. The molecule has 6 aliphatic rings. The van der Waals surface area contributed by atoms with Gasteiger partial charge in [0.25, 0.3) is 59.3 Å². The first kappa shape index (κ1) is 114. The summed E-state index contributed by atoms with van der Waals surface area (Å²) < 4.78 is 174. The number of carbonyl (C=O) groups excluding carboxylic acids is 4. The molecule has 0 bridgehead atoms. The number of pyridine rings is 7. The number of H-pyrrole nitrogens is 1. The van der Waals surface area contributed by atoms with E-state index in [1.165, 1.54) is 73.1 Å². The van der Waals surface area contributed by atoms with E-state index in [2.05, 4.69) is 111 Å². The van der Waals surface area contributed by atoms with Crippen LogP contribution in [0.3, 0.4) is 0 Å². The van der Waals surface area contributed by atoms with Crippen LogP contribution in [0.25, 0.3) is 33.8 Å². The Morgan fingerprint density at radius 3 is 1.48 bits per heavy atom. The highest BCUT2D eigenvalue weighted by atomic mass is 32.2. The lowest BCUT2D eigenvalue weighted by molar-refractivity contribution is -0.0209. The number of rotatable bonds is 29. The summed E-state index contributed by atoms with van der Waals surface area (Å²) in [6.45, 7) is 38.4. The van der Waals surface area contributed by atoms with Gasteiger partial charge >= 0.3 is 10.2 Å². The minimum Gasteiger partial charge on any atom is -0.494 e. The number of aromatic nitrogens is 7. The van der Waals surface area contributed by atoms with Crippen LogP contribution in [0, 0.1) is 54.0 Å². The average Bonchev–Trinajstić information content (AvgIpc) is 1.73. The molecule has 10 aromatic rings. The predicted octanol–water partition coefficient (Wildman–Crippen LogP) is 15.3. The van der Waals surface area contributed by atoms with E-state index in [4.69, 9.17) is 29.9 Å². The van der Waals surface area contributed by atoms with E-state index >= 15 is 0 Å². The fraction of sp³-hybridized carbons (Fsp3) is 0.467. The molecular formula is C107H138F3N19O16S4. The number of halogens is 3. The topological polar surface area (TPSA) is 440 Å². The maximum absolute atomic E-state index is 14.6. The third kappa shape index (κ3) is 27.3. The zero-order chi connectivity index (χ0) is 109. The first-order valence-electron chi connectivity index (χ1n) is 50.0. The Balaban J connectivity index is 0.000000166. The van der Waals surface area contributed by atoms with Gasteiger partial charge in [-0.2, -0.15) is 21.1 Å². The Morgan fingerprint density at radius 2 is 0.987 bits per heavy atom. The number of ether oxygens (including phenoxy) is 3. The predicted molar refractivity (Wildman–Crippen MR) is 571 cm³/mol. The molecular weight excluding hydrogens is 1990 g/mol. The number of amides is 4. The molecule has 7 aromatic heterocycles. The normalized spacial score (nSPS) is 20.3. The maximum atomic E-state index is 14.6. The summed E-state index contributed by atoms with van der Waals surface area (Å²) in [5, 5.41) is -0.213. The molecule has 149 heavy (non-hydrogen) atoms. The number of benzene rings is 3. The minimum absolute atomic E-state index is 0.0138. The van der Waals surface area contributed by atoms with Gasteiger partial charge in [-0.15, -0.1) is 0 Å². The van der Waals surface area contributed by atoms with Crippen molar-refractivity contribution >= 4 is 98.8 Å². The first-order valence-corrected chi connectivity index (χ1v) is 55.9. The first-order chi connectivity index (χ1) is 70.0. The molecule has 5 aliphatic heterocycles. The summed E-state index contributed by atoms with van der Waals surface area (Å²) in [5.41, 5.74) is 8.43. The fourth-order valence-electron chi connectivity index (χ4n) is 20.9. The van der Waals surface area contributed by atoms with Crippen LogP contribution in [0.2, 0.25) is 0 Å². The highest BCUT2D eigenvalue weighted by Gasteiger charge is 2.46. The number of aromatic amines is 1. The van der Waals surface area contributed by atoms with Crippen molar-refractivity contribution in [2.24, 2.45) is 35.3 Å². The van der Waals surface area contributed by atoms with Gasteiger partial charge in [-0.25, -0.2) is 78.8 Å². The number of nitrogens with zero attached hydrogens (tertiary/aromatic N) is 13. The summed E-state index contributed by atoms with van der Waals surface area (Å²) in [4.78, 5) is 106. The van der Waals surface area contributed by atoms with Crippen LogP contribution >= 0.6 is 0 Å². The molecule has 6 fully saturated rings. The van der Waals surface area contributed by atoms with Crippen LogP contribution in [-0.2, 0) is 49.8 Å². The molecule has 5 saturated heterocycles. The van der Waals surface area contributed by atoms with Crippen LogP contribution < -0.4 is 64.3 Å². The lowest BCUT2D eigenvalue weighted by Crippen LogP contribution is -2.44. The van der Waals surface area contributed by atoms with Crippen LogP contribution in [0.5, 0.6) is 5.75 Å². The number of anilines is 6. The van der Waals surface area contributed by atoms with Crippen molar-refractivity contribution in [1.82, 2.24) is 58.1 Å². The average molecular weight is 2130 g/mol. The second kappa shape index (κ2) is 46.5. The summed E-state index contributed by atoms with van der Waals surface area (Å²) in [6.07, 6.45) is 9.77. The standard InChI is InChI=1S/C31H47N5O5S.C28H35N5O4S.C25H27FN4O4S.C23H29F2N5O3S/c1-8-40-14-15-41-24-17-21(2)16-23(18-24)26-13-12-25(29(32-26)36-20-22(3)19-31(36,4)5)30(37)34-42(38,39)28-11-9-10-27(33-28)35(6)7;1-7-37-21-12-10-20(11-13-21)23-15-14-22(25(30-23)33-18-19(2)17-28(33,3)4)27(34)31-38(35,36)24-9-8-16-29-26(24)32(5)6;1-15-7-9-19(26)18(12-15)20-10-8-17(22(28-20)30-14-16(2)13-25(30,3)4)23(31)29-35(33,34)21-6-5-11-27-24(21)32;1-14-11-23(2,3)30(12-14)21-18(22(31)28-34(32,33)29-9-8-16(26)13-29)6-7-20(27-21)17-5-4-15(24)10-19(17)25/h9-13,21-24H,8,14-20H2,1-7H3,(H,34,37);8-16,19H,7,17-18H2,1-6H3,(H,31,34);5-12,16H,13-14H2,1-4H3,(H,27,32)(H,29,31);4-7,10,14,16H,8-9,11-13,26H2,1-3H3,(H,28,31)/t21?,22-,23?,24?;19-;16-;14-,16-/m0000/s1. The van der Waals surface area contributed by atoms with Crippen molar-refractivity contribution in [3.8, 4) is 39.5 Å². The van der Waals surface area contributed by atoms with E-state index in [1.807, 2.05) is 93.3 Å². The number of hydrogen-bond donors (Lipinski definition) is 6. The van der Waals surface area contributed by atoms with E-state index in [1.54, 1.807) is 80.5 Å². The van der Waals surface area contributed by atoms with Crippen molar-refractivity contribution in [3.63, 3.8) is 0 Å². The SMILES string of the molecule is CCOCCOC1CC(C)CC(c2ccc(C(=O)NS(=O)(=O)c3cccc(N(C)C)n3)c(N3C[C@@H](C)CC3(C)C)n2)C1.CCOc1ccc(-c2ccc(C(=O)NS(=O)(=O)c3cccnc3N(C)C)c(N3C[C@@H](C)CC3(C)C)n2)cc1.C[C@@H]1CN(c2nc(-c3ccc(F)cc3F)ccc2C(=O)NS(=O)(=O)N2CC[C@H](N)C2)C(C)(C)C1.Cc1ccc(F)c(-c2ccc(C(=O)NS(=O)(=O)c3ccc[nH]c3=O)c(N3C[C@@H](C)CC3(C)C)n2)c1. The van der Waals surface area contributed by atoms with E-state index in [9.17, 15) is 70.8 Å². The quantitative estimate of drug-likeness (QED) is 0.0237. The summed E-state index contributed by atoms with van der Waals surface area (Å²) in [6, 6.07) is 38.1. The second-order valence-corrected chi connectivity index (χ2v) is 49.1. The van der Waals surface area contributed by atoms with Crippen LogP contribution in [0.15, 0.2) is 184 Å². The lowest BCUT2D eigenvalue weighted by Gasteiger charge is -2.36. The van der Waals surface area contributed by atoms with Gasteiger partial charge < -0.3 is 54.3 Å². The van der Waals surface area contributed by atoms with Gasteiger partial charge in [0.05, 0.1) is 65.3 Å². The Hall–Kier alpha value is -12.6. The van der Waals surface area contributed by atoms with Crippen LogP contribution in [-0.4, -0.2) is 225 Å². The van der Waals surface area contributed by atoms with Gasteiger partial charge in [-0.3, -0.25) is 24.0 Å². The Bertz CT molecular complexity index is 7130. The second-order valence-electron chi connectivity index (χ2n) is 42.5. The number of carbonyl (C=O) groups is 4. The molecule has 0 spiro atoms. The molecule has 802 valence electrons. The number of nitrogens with one attached hydrogen (secondary N) is 5. The summed E-state index contributed by atoms with van der Waals surface area (Å²) in [7, 11) is -10.00. The lowest BCUT2D eigenvalue weighted by atomic mass is 9.79. The zero-order valence-corrected chi connectivity index (χ0v) is 91.4. The molecule has 35 nitrogen and oxygen atoms in total. The number of nitrogens with two attached hydrogens (primary N) is 1. The third-order valence-corrected chi connectivity index (χ3v) is 32.8. The number of sulfonamides is 3. The smallest absolute Gasteiger partial charge is 0.304 e. The van der Waals surface area contributed by atoms with Crippen molar-refractivity contribution < 1.29 is 80.2 Å². The van der Waals surface area contributed by atoms with Crippen molar-refractivity contribution in [3.05, 3.63) is 225 Å². The maximum Gasteiger partial charge on any atom is 0.304 e. The molecule has 1 aliphatic carbocycles. The fourth-order valence-corrected chi connectivity index (χ4v) is 25.2. The van der Waals surface area contributed by atoms with Crippen LogP contribution in [0.4, 0.5) is 48.1 Å². The van der Waals surface area contributed by atoms with Gasteiger partial charge in [0.15, 0.2) is 9.92 Å². The largest absolute Gasteiger partial charge is 0.494 e.